The molecule has 3 fully saturated rings. The zero-order valence-electron chi connectivity index (χ0n) is 34.0. The van der Waals surface area contributed by atoms with Crippen LogP contribution >= 0.6 is 0 Å². The van der Waals surface area contributed by atoms with E-state index < -0.39 is 17.8 Å². The molecule has 14 nitrogen and oxygen atoms in total. The molecular formula is C45H53FN10O4. The topological polar surface area (TPSA) is 166 Å². The number of benzene rings is 2. The van der Waals surface area contributed by atoms with Crippen LogP contribution in [0.5, 0.6) is 5.75 Å². The molecular weight excluding hydrogens is 764 g/mol. The molecule has 3 amide bonds. The van der Waals surface area contributed by atoms with Gasteiger partial charge in [-0.05, 0) is 98.9 Å². The van der Waals surface area contributed by atoms with Crippen molar-refractivity contribution in [2.45, 2.75) is 76.4 Å². The standard InChI is InChI=1S/C45H53FN10O4/c1-3-20-47-43(58)35-25-48-45(54-42(35)52-39-15-7-30-6-5-29(4-2)41(30)51-39)50-31-8-11-33(12-9-31)56-22-17-28(18-23-56)26-55-21-19-34(27-55)60-38-14-10-32(24-36(38)46)49-37-13-16-40(57)53-44(37)59/h3,7-12,14-15,24-25,28-29,34,37,49H,1,4-6,13,16-23,26-27H2,2H3,(H,47,58)(H,53,57,59)(H2,48,50,51,52,54). The van der Waals surface area contributed by atoms with E-state index in [1.54, 1.807) is 18.2 Å². The fraction of sp³-hybridized carbons (Fsp3) is 0.422. The van der Waals surface area contributed by atoms with Gasteiger partial charge in [-0.3, -0.25) is 24.6 Å². The van der Waals surface area contributed by atoms with Crippen molar-refractivity contribution in [3.63, 3.8) is 0 Å². The number of pyridine rings is 1. The number of likely N-dealkylation sites (tertiary alicyclic amines) is 1. The van der Waals surface area contributed by atoms with Crippen LogP contribution in [0.4, 0.5) is 39.0 Å². The third-order valence-corrected chi connectivity index (χ3v) is 12.0. The second kappa shape index (κ2) is 18.4. The molecule has 8 rings (SSSR count). The number of imide groups is 1. The SMILES string of the molecule is C=CCNC(=O)c1cnc(Nc2ccc(N3CCC(CN4CCC(Oc5ccc(NC6CCC(=O)NC6=O)cc5F)C4)CC3)cc2)nc1Nc1ccc2c(n1)C(CC)CC2. The molecule has 1 aliphatic carbocycles. The second-order valence-electron chi connectivity index (χ2n) is 16.1. The first kappa shape index (κ1) is 40.7. The zero-order chi connectivity index (χ0) is 41.6. The summed E-state index contributed by atoms with van der Waals surface area (Å²) >= 11 is 0. The third-order valence-electron chi connectivity index (χ3n) is 12.0. The molecule has 4 aromatic rings. The van der Waals surface area contributed by atoms with E-state index in [-0.39, 0.29) is 30.1 Å². The molecule has 60 heavy (non-hydrogen) atoms. The van der Waals surface area contributed by atoms with E-state index in [0.717, 1.165) is 88.3 Å². The number of aryl methyl sites for hydroxylation is 1. The van der Waals surface area contributed by atoms with Crippen molar-refractivity contribution in [3.8, 4) is 5.75 Å². The number of aromatic nitrogens is 3. The number of anilines is 6. The van der Waals surface area contributed by atoms with Crippen molar-refractivity contribution in [2.75, 3.05) is 60.1 Å². The van der Waals surface area contributed by atoms with Gasteiger partial charge in [0.1, 0.15) is 29.3 Å². The Hall–Kier alpha value is -6.09. The number of piperidine rings is 2. The number of carbonyl (C=O) groups is 3. The number of amides is 3. The van der Waals surface area contributed by atoms with E-state index in [1.165, 1.54) is 17.8 Å². The van der Waals surface area contributed by atoms with Crippen LogP contribution in [0, 0.1) is 11.7 Å². The molecule has 15 heteroatoms. The van der Waals surface area contributed by atoms with Crippen molar-refractivity contribution >= 4 is 52.4 Å². The highest BCUT2D eigenvalue weighted by Crippen LogP contribution is 2.35. The van der Waals surface area contributed by atoms with Gasteiger partial charge in [-0.15, -0.1) is 6.58 Å². The smallest absolute Gasteiger partial charge is 0.256 e. The van der Waals surface area contributed by atoms with Crippen LogP contribution in [0.2, 0.25) is 0 Å². The van der Waals surface area contributed by atoms with Gasteiger partial charge in [-0.2, -0.15) is 4.98 Å². The summed E-state index contributed by atoms with van der Waals surface area (Å²) in [6.07, 6.45) is 9.84. The van der Waals surface area contributed by atoms with Gasteiger partial charge in [-0.25, -0.2) is 14.4 Å². The lowest BCUT2D eigenvalue weighted by Gasteiger charge is -2.35. The molecule has 314 valence electrons. The lowest BCUT2D eigenvalue weighted by Crippen LogP contribution is -2.47. The number of hydrogen-bond donors (Lipinski definition) is 5. The fourth-order valence-corrected chi connectivity index (χ4v) is 8.67. The summed E-state index contributed by atoms with van der Waals surface area (Å²) in [5, 5.41) is 14.8. The molecule has 3 aliphatic heterocycles. The van der Waals surface area contributed by atoms with Crippen LogP contribution in [0.15, 0.2) is 73.4 Å². The number of fused-ring (bicyclic) bond motifs is 1. The Balaban J connectivity index is 0.815. The Morgan fingerprint density at radius 1 is 0.967 bits per heavy atom. The first-order chi connectivity index (χ1) is 29.2. The molecule has 3 atom stereocenters. The molecule has 3 saturated heterocycles. The molecule has 0 spiro atoms. The number of halogens is 1. The Morgan fingerprint density at radius 3 is 2.55 bits per heavy atom. The molecule has 2 aromatic heterocycles. The molecule has 3 unspecified atom stereocenters. The summed E-state index contributed by atoms with van der Waals surface area (Å²) in [7, 11) is 0. The first-order valence-electron chi connectivity index (χ1n) is 21.1. The maximum Gasteiger partial charge on any atom is 0.256 e. The molecule has 0 bridgehead atoms. The van der Waals surface area contributed by atoms with E-state index in [4.69, 9.17) is 14.7 Å². The van der Waals surface area contributed by atoms with Crippen molar-refractivity contribution < 1.29 is 23.5 Å². The molecule has 4 aliphatic rings. The third kappa shape index (κ3) is 9.68. The fourth-order valence-electron chi connectivity index (χ4n) is 8.67. The van der Waals surface area contributed by atoms with Gasteiger partial charge in [-0.1, -0.05) is 19.1 Å². The summed E-state index contributed by atoms with van der Waals surface area (Å²) in [4.78, 5) is 55.5. The van der Waals surface area contributed by atoms with Crippen molar-refractivity contribution in [3.05, 3.63) is 96.1 Å². The summed E-state index contributed by atoms with van der Waals surface area (Å²) in [6.45, 7) is 10.8. The van der Waals surface area contributed by atoms with Gasteiger partial charge >= 0.3 is 0 Å². The second-order valence-corrected chi connectivity index (χ2v) is 16.1. The lowest BCUT2D eigenvalue weighted by atomic mass is 9.96. The Kier molecular flexibility index (Phi) is 12.5. The van der Waals surface area contributed by atoms with Crippen LogP contribution < -0.4 is 36.2 Å². The zero-order valence-corrected chi connectivity index (χ0v) is 34.0. The molecule has 0 saturated carbocycles. The summed E-state index contributed by atoms with van der Waals surface area (Å²) in [5.74, 6) is 1.10. The Morgan fingerprint density at radius 2 is 1.78 bits per heavy atom. The summed E-state index contributed by atoms with van der Waals surface area (Å²) < 4.78 is 21.1. The minimum absolute atomic E-state index is 0.0937. The predicted molar refractivity (Wildman–Crippen MR) is 230 cm³/mol. The Bertz CT molecular complexity index is 2210. The summed E-state index contributed by atoms with van der Waals surface area (Å²) in [6, 6.07) is 16.4. The molecule has 2 aromatic carbocycles. The van der Waals surface area contributed by atoms with Crippen LogP contribution in [0.1, 0.15) is 79.4 Å². The predicted octanol–water partition coefficient (Wildman–Crippen LogP) is 6.44. The number of rotatable bonds is 15. The average molecular weight is 817 g/mol. The molecule has 0 radical (unpaired) electrons. The van der Waals surface area contributed by atoms with E-state index in [0.29, 0.717) is 53.6 Å². The van der Waals surface area contributed by atoms with Crippen LogP contribution in [0.3, 0.4) is 0 Å². The minimum Gasteiger partial charge on any atom is -0.486 e. The monoisotopic (exact) mass is 816 g/mol. The minimum atomic E-state index is -0.575. The van der Waals surface area contributed by atoms with Gasteiger partial charge in [0.2, 0.25) is 17.8 Å². The normalized spacial score (nSPS) is 20.6. The number of carbonyl (C=O) groups excluding carboxylic acids is 3. The number of hydrogen-bond acceptors (Lipinski definition) is 12. The van der Waals surface area contributed by atoms with Gasteiger partial charge < -0.3 is 30.9 Å². The number of nitrogens with one attached hydrogen (secondary N) is 5. The quantitative estimate of drug-likeness (QED) is 0.0660. The highest BCUT2D eigenvalue weighted by atomic mass is 19.1. The van der Waals surface area contributed by atoms with E-state index in [2.05, 4.69) is 73.1 Å². The van der Waals surface area contributed by atoms with Crippen LogP contribution in [0.25, 0.3) is 0 Å². The number of nitrogens with zero attached hydrogens (tertiary/aromatic N) is 5. The number of ether oxygens (including phenoxy) is 1. The van der Waals surface area contributed by atoms with E-state index >= 15 is 4.39 Å². The maximum absolute atomic E-state index is 15.0. The highest BCUT2D eigenvalue weighted by molar-refractivity contribution is 6.01. The van der Waals surface area contributed by atoms with Crippen molar-refractivity contribution in [2.24, 2.45) is 5.92 Å². The van der Waals surface area contributed by atoms with Crippen LogP contribution in [-0.4, -0.2) is 89.0 Å². The Labute approximate surface area is 349 Å². The van der Waals surface area contributed by atoms with Crippen molar-refractivity contribution in [1.82, 2.24) is 30.5 Å². The molecule has 5 heterocycles. The van der Waals surface area contributed by atoms with Crippen molar-refractivity contribution in [1.29, 1.82) is 0 Å². The largest absolute Gasteiger partial charge is 0.486 e. The van der Waals surface area contributed by atoms with Gasteiger partial charge in [0.05, 0.1) is 0 Å². The summed E-state index contributed by atoms with van der Waals surface area (Å²) in [5.41, 5.74) is 5.16. The van der Waals surface area contributed by atoms with Gasteiger partial charge in [0, 0.05) is 86.6 Å². The van der Waals surface area contributed by atoms with Crippen LogP contribution in [-0.2, 0) is 16.0 Å². The van der Waals surface area contributed by atoms with E-state index in [9.17, 15) is 14.4 Å². The van der Waals surface area contributed by atoms with Gasteiger partial charge in [0.15, 0.2) is 11.6 Å². The van der Waals surface area contributed by atoms with E-state index in [1.807, 2.05) is 18.2 Å². The molecule has 5 N–H and O–H groups in total. The average Bonchev–Trinajstić information content (AvgIpc) is 3.88. The maximum atomic E-state index is 15.0. The highest BCUT2D eigenvalue weighted by Gasteiger charge is 2.30. The first-order valence-corrected chi connectivity index (χ1v) is 21.1. The van der Waals surface area contributed by atoms with Gasteiger partial charge in [0.25, 0.3) is 5.91 Å². The lowest BCUT2D eigenvalue weighted by molar-refractivity contribution is -0.133.